The van der Waals surface area contributed by atoms with Crippen LogP contribution in [0, 0.1) is 11.3 Å². The van der Waals surface area contributed by atoms with Gasteiger partial charge in [0.15, 0.2) is 0 Å². The highest BCUT2D eigenvalue weighted by Crippen LogP contribution is 2.26. The van der Waals surface area contributed by atoms with Crippen LogP contribution in [-0.2, 0) is 34.8 Å². The molecule has 3 N–H and O–H groups in total. The van der Waals surface area contributed by atoms with Crippen molar-refractivity contribution in [3.8, 4) is 0 Å². The zero-order valence-corrected chi connectivity index (χ0v) is 32.8. The monoisotopic (exact) mass is 759 g/mol. The van der Waals surface area contributed by atoms with Gasteiger partial charge in [0, 0.05) is 33.2 Å². The molecule has 4 atom stereocenters. The van der Waals surface area contributed by atoms with Crippen molar-refractivity contribution in [1.82, 2.24) is 29.0 Å². The van der Waals surface area contributed by atoms with Gasteiger partial charge in [-0.3, -0.25) is 4.79 Å². The van der Waals surface area contributed by atoms with E-state index in [1.54, 1.807) is 9.80 Å². The average molecular weight is 760 g/mol. The Balaban J connectivity index is 1.40. The van der Waals surface area contributed by atoms with E-state index < -0.39 is 39.5 Å². The van der Waals surface area contributed by atoms with Crippen molar-refractivity contribution in [3.63, 3.8) is 0 Å². The molecule has 4 aromatic rings. The van der Waals surface area contributed by atoms with Crippen LogP contribution < -0.4 is 5.32 Å². The highest BCUT2D eigenvalue weighted by molar-refractivity contribution is 7.89. The maximum absolute atomic E-state index is 14.4. The number of amides is 3. The van der Waals surface area contributed by atoms with E-state index in [-0.39, 0.29) is 36.4 Å². The standard InChI is InChI=1S/C40H53N7O6S/c1-7-28(2)37(47-22-21-45(39(47)50)26-36-42-32-15-11-12-16-34(32)44(36)6)38(49)43-33(23-29-13-9-8-10-14-29)35(48)25-46(27-40(3,4)5)54(52,53)31-19-17-30(18-20-31)24-41-51/h8-20,24,28,33,35,37,48,51H,7,21-23,25-27H2,1-6H3,(H,43,49)/t28-,33-,35?,37-/m0/s1. The first-order valence-corrected chi connectivity index (χ1v) is 19.8. The SMILES string of the molecule is CC[C@H](C)[C@@H](C(=O)N[C@@H](Cc1ccccc1)C(O)CN(CC(C)(C)C)S(=O)(=O)c1ccc(C=NO)cc1)N1CCN(Cc2nc3ccccc3n2C)C1=O. The lowest BCUT2D eigenvalue weighted by atomic mass is 9.94. The normalized spacial score (nSPS) is 16.3. The lowest BCUT2D eigenvalue weighted by Gasteiger charge is -2.35. The lowest BCUT2D eigenvalue weighted by Crippen LogP contribution is -2.57. The number of hydrogen-bond donors (Lipinski definition) is 3. The second-order valence-corrected chi connectivity index (χ2v) is 17.3. The van der Waals surface area contributed by atoms with Gasteiger partial charge in [-0.25, -0.2) is 18.2 Å². The van der Waals surface area contributed by atoms with Crippen molar-refractivity contribution >= 4 is 39.2 Å². The van der Waals surface area contributed by atoms with Crippen LogP contribution in [0.15, 0.2) is 88.9 Å². The Kier molecular flexibility index (Phi) is 12.8. The molecular weight excluding hydrogens is 707 g/mol. The number of aliphatic hydroxyl groups excluding tert-OH is 1. The maximum atomic E-state index is 14.4. The van der Waals surface area contributed by atoms with Gasteiger partial charge in [0.25, 0.3) is 0 Å². The van der Waals surface area contributed by atoms with Crippen LogP contribution in [0.5, 0.6) is 0 Å². The third kappa shape index (κ3) is 9.46. The largest absolute Gasteiger partial charge is 0.411 e. The van der Waals surface area contributed by atoms with Crippen molar-refractivity contribution in [1.29, 1.82) is 0 Å². The van der Waals surface area contributed by atoms with Crippen LogP contribution in [0.4, 0.5) is 4.79 Å². The van der Waals surface area contributed by atoms with E-state index >= 15 is 0 Å². The molecule has 2 heterocycles. The highest BCUT2D eigenvalue weighted by Gasteiger charge is 2.41. The van der Waals surface area contributed by atoms with Gasteiger partial charge in [-0.1, -0.05) is 101 Å². The van der Waals surface area contributed by atoms with E-state index in [1.807, 2.05) is 101 Å². The number of fused-ring (bicyclic) bond motifs is 1. The molecule has 1 aromatic heterocycles. The quantitative estimate of drug-likeness (QED) is 0.0836. The molecule has 13 nitrogen and oxygen atoms in total. The molecule has 0 bridgehead atoms. The molecule has 1 aliphatic heterocycles. The molecular formula is C40H53N7O6S. The lowest BCUT2D eigenvalue weighted by molar-refractivity contribution is -0.128. The van der Waals surface area contributed by atoms with Gasteiger partial charge >= 0.3 is 6.03 Å². The van der Waals surface area contributed by atoms with Crippen LogP contribution in [0.25, 0.3) is 11.0 Å². The summed E-state index contributed by atoms with van der Waals surface area (Å²) in [5, 5.41) is 26.9. The van der Waals surface area contributed by atoms with Crippen LogP contribution in [-0.4, -0.2) is 105 Å². The zero-order valence-electron chi connectivity index (χ0n) is 32.0. The number of sulfonamides is 1. The summed E-state index contributed by atoms with van der Waals surface area (Å²) in [5.41, 5.74) is 2.71. The van der Waals surface area contributed by atoms with Gasteiger partial charge in [0.1, 0.15) is 11.9 Å². The number of aliphatic hydroxyl groups is 1. The first-order chi connectivity index (χ1) is 25.6. The van der Waals surface area contributed by atoms with Crippen molar-refractivity contribution in [3.05, 3.63) is 95.8 Å². The molecule has 290 valence electrons. The topological polar surface area (TPSA) is 161 Å². The molecule has 1 aliphatic rings. The Morgan fingerprint density at radius 3 is 2.33 bits per heavy atom. The fourth-order valence-electron chi connectivity index (χ4n) is 6.92. The number of hydrogen-bond acceptors (Lipinski definition) is 8. The molecule has 14 heteroatoms. The molecule has 0 saturated carbocycles. The molecule has 1 unspecified atom stereocenters. The van der Waals surface area contributed by atoms with E-state index in [0.717, 1.165) is 22.4 Å². The number of para-hydroxylation sites is 2. The third-order valence-electron chi connectivity index (χ3n) is 9.98. The van der Waals surface area contributed by atoms with E-state index in [1.165, 1.54) is 34.8 Å². The predicted molar refractivity (Wildman–Crippen MR) is 209 cm³/mol. The second-order valence-electron chi connectivity index (χ2n) is 15.3. The summed E-state index contributed by atoms with van der Waals surface area (Å²) in [6.45, 7) is 10.5. The summed E-state index contributed by atoms with van der Waals surface area (Å²) in [6, 6.07) is 21.1. The average Bonchev–Trinajstić information content (AvgIpc) is 3.65. The number of carbonyl (C=O) groups is 2. The summed E-state index contributed by atoms with van der Waals surface area (Å²) in [4.78, 5) is 36.5. The number of nitrogens with zero attached hydrogens (tertiary/aromatic N) is 6. The van der Waals surface area contributed by atoms with E-state index in [9.17, 15) is 23.1 Å². The van der Waals surface area contributed by atoms with E-state index in [4.69, 9.17) is 10.2 Å². The number of nitrogens with one attached hydrogen (secondary N) is 1. The Hall–Kier alpha value is -4.79. The summed E-state index contributed by atoms with van der Waals surface area (Å²) in [6.07, 6.45) is 0.741. The van der Waals surface area contributed by atoms with Gasteiger partial charge in [0.05, 0.1) is 40.8 Å². The number of imidazole rings is 1. The smallest absolute Gasteiger partial charge is 0.321 e. The molecule has 1 saturated heterocycles. The van der Waals surface area contributed by atoms with E-state index in [2.05, 4.69) is 10.5 Å². The first-order valence-electron chi connectivity index (χ1n) is 18.4. The fourth-order valence-corrected chi connectivity index (χ4v) is 8.60. The van der Waals surface area contributed by atoms with Crippen LogP contribution >= 0.6 is 0 Å². The number of benzene rings is 3. The maximum Gasteiger partial charge on any atom is 0.321 e. The van der Waals surface area contributed by atoms with Crippen LogP contribution in [0.2, 0.25) is 0 Å². The van der Waals surface area contributed by atoms with Crippen molar-refractivity contribution in [2.24, 2.45) is 23.5 Å². The van der Waals surface area contributed by atoms with Crippen molar-refractivity contribution in [2.75, 3.05) is 26.2 Å². The van der Waals surface area contributed by atoms with Crippen LogP contribution in [0.1, 0.15) is 58.0 Å². The zero-order chi connectivity index (χ0) is 39.2. The Morgan fingerprint density at radius 1 is 1.04 bits per heavy atom. The number of rotatable bonds is 16. The first kappa shape index (κ1) is 40.4. The Bertz CT molecular complexity index is 2030. The number of oxime groups is 1. The predicted octanol–water partition coefficient (Wildman–Crippen LogP) is 4.86. The van der Waals surface area contributed by atoms with Gasteiger partial charge in [-0.2, -0.15) is 4.31 Å². The van der Waals surface area contributed by atoms with Gasteiger partial charge in [-0.05, 0) is 53.1 Å². The second kappa shape index (κ2) is 17.1. The van der Waals surface area contributed by atoms with Gasteiger partial charge in [0.2, 0.25) is 15.9 Å². The molecule has 1 fully saturated rings. The number of aromatic nitrogens is 2. The molecule has 3 amide bonds. The van der Waals surface area contributed by atoms with Gasteiger partial charge < -0.3 is 30.0 Å². The minimum atomic E-state index is -4.11. The Morgan fingerprint density at radius 2 is 1.70 bits per heavy atom. The minimum absolute atomic E-state index is 0.0188. The fraction of sp³-hybridized carbons (Fsp3) is 0.450. The number of carbonyl (C=O) groups excluding carboxylic acids is 2. The summed E-state index contributed by atoms with van der Waals surface area (Å²) in [5.74, 6) is 0.121. The van der Waals surface area contributed by atoms with Crippen molar-refractivity contribution in [2.45, 2.75) is 77.1 Å². The summed E-state index contributed by atoms with van der Waals surface area (Å²) < 4.78 is 31.4. The molecule has 5 rings (SSSR count). The molecule has 0 aliphatic carbocycles. The minimum Gasteiger partial charge on any atom is -0.411 e. The summed E-state index contributed by atoms with van der Waals surface area (Å²) in [7, 11) is -2.18. The Labute approximate surface area is 318 Å². The molecule has 0 spiro atoms. The number of urea groups is 1. The van der Waals surface area contributed by atoms with E-state index in [0.29, 0.717) is 31.6 Å². The third-order valence-corrected chi connectivity index (χ3v) is 11.8. The van der Waals surface area contributed by atoms with Crippen LogP contribution in [0.3, 0.4) is 0 Å². The summed E-state index contributed by atoms with van der Waals surface area (Å²) >= 11 is 0. The highest BCUT2D eigenvalue weighted by atomic mass is 32.2. The number of aryl methyl sites for hydroxylation is 1. The molecule has 3 aromatic carbocycles. The van der Waals surface area contributed by atoms with Gasteiger partial charge in [-0.15, -0.1) is 0 Å². The molecule has 54 heavy (non-hydrogen) atoms. The van der Waals surface area contributed by atoms with Crippen molar-refractivity contribution < 1.29 is 28.3 Å². The molecule has 0 radical (unpaired) electrons.